The molecule has 4 nitrogen and oxygen atoms in total. The fourth-order valence-corrected chi connectivity index (χ4v) is 4.40. The average molecular weight is 346 g/mol. The van der Waals surface area contributed by atoms with E-state index in [0.29, 0.717) is 0 Å². The van der Waals surface area contributed by atoms with E-state index in [-0.39, 0.29) is 12.0 Å². The molecular formula is C19H27N3OS. The quantitative estimate of drug-likeness (QED) is 0.901. The second-order valence-electron chi connectivity index (χ2n) is 7.31. The minimum Gasteiger partial charge on any atom is -0.396 e. The summed E-state index contributed by atoms with van der Waals surface area (Å²) in [6.45, 7) is 5.41. The smallest absolute Gasteiger partial charge is 0.185 e. The molecule has 0 amide bonds. The van der Waals surface area contributed by atoms with E-state index in [4.69, 9.17) is 4.98 Å². The van der Waals surface area contributed by atoms with Gasteiger partial charge in [-0.1, -0.05) is 48.6 Å². The molecule has 0 radical (unpaired) electrons. The summed E-state index contributed by atoms with van der Waals surface area (Å²) in [5, 5.41) is 10.7. The molecule has 1 aliphatic rings. The first-order chi connectivity index (χ1) is 11.5. The SMILES string of the molecule is CN(C)c1nc(-c2ccccc2)c(CN2CCCC(C)(CO)C2)s1. The lowest BCUT2D eigenvalue weighted by Gasteiger charge is -2.39. The molecule has 0 spiro atoms. The van der Waals surface area contributed by atoms with Crippen LogP contribution in [-0.4, -0.2) is 48.8 Å². The fourth-order valence-electron chi connectivity index (χ4n) is 3.35. The highest BCUT2D eigenvalue weighted by molar-refractivity contribution is 7.16. The maximum Gasteiger partial charge on any atom is 0.185 e. The Morgan fingerprint density at radius 1 is 1.29 bits per heavy atom. The van der Waals surface area contributed by atoms with E-state index in [0.717, 1.165) is 43.3 Å². The van der Waals surface area contributed by atoms with Crippen molar-refractivity contribution in [2.75, 3.05) is 38.7 Å². The van der Waals surface area contributed by atoms with Crippen molar-refractivity contribution in [3.8, 4) is 11.3 Å². The second-order valence-corrected chi connectivity index (χ2v) is 8.37. The monoisotopic (exact) mass is 345 g/mol. The number of piperidine rings is 1. The van der Waals surface area contributed by atoms with Gasteiger partial charge in [0.05, 0.1) is 5.69 Å². The van der Waals surface area contributed by atoms with Crippen LogP contribution < -0.4 is 4.90 Å². The molecule has 0 aliphatic carbocycles. The normalized spacial score (nSPS) is 21.8. The Hall–Kier alpha value is -1.43. The molecule has 2 heterocycles. The zero-order valence-corrected chi connectivity index (χ0v) is 15.6. The molecule has 1 aromatic heterocycles. The van der Waals surface area contributed by atoms with Crippen molar-refractivity contribution in [1.82, 2.24) is 9.88 Å². The van der Waals surface area contributed by atoms with Crippen LogP contribution in [-0.2, 0) is 6.54 Å². The molecule has 5 heteroatoms. The Morgan fingerprint density at radius 3 is 2.71 bits per heavy atom. The summed E-state index contributed by atoms with van der Waals surface area (Å²) in [4.78, 5) is 10.7. The van der Waals surface area contributed by atoms with Gasteiger partial charge in [-0.25, -0.2) is 4.98 Å². The molecule has 24 heavy (non-hydrogen) atoms. The van der Waals surface area contributed by atoms with Crippen LogP contribution in [0.2, 0.25) is 0 Å². The van der Waals surface area contributed by atoms with E-state index in [2.05, 4.69) is 41.0 Å². The lowest BCUT2D eigenvalue weighted by atomic mass is 9.83. The number of nitrogens with zero attached hydrogens (tertiary/aromatic N) is 3. The van der Waals surface area contributed by atoms with Crippen LogP contribution in [0.25, 0.3) is 11.3 Å². The van der Waals surface area contributed by atoms with Gasteiger partial charge in [0.25, 0.3) is 0 Å². The molecule has 1 unspecified atom stereocenters. The Kier molecular flexibility index (Phi) is 5.23. The number of aliphatic hydroxyl groups excluding tert-OH is 1. The summed E-state index contributed by atoms with van der Waals surface area (Å²) in [6, 6.07) is 10.4. The number of aromatic nitrogens is 1. The van der Waals surface area contributed by atoms with E-state index in [1.54, 1.807) is 11.3 Å². The van der Waals surface area contributed by atoms with Crippen molar-refractivity contribution in [2.45, 2.75) is 26.3 Å². The Morgan fingerprint density at radius 2 is 2.04 bits per heavy atom. The molecule has 0 bridgehead atoms. The van der Waals surface area contributed by atoms with Crippen molar-refractivity contribution in [3.63, 3.8) is 0 Å². The van der Waals surface area contributed by atoms with Crippen LogP contribution in [0, 0.1) is 5.41 Å². The van der Waals surface area contributed by atoms with Gasteiger partial charge in [-0.05, 0) is 19.4 Å². The highest BCUT2D eigenvalue weighted by atomic mass is 32.1. The van der Waals surface area contributed by atoms with Gasteiger partial charge in [0.15, 0.2) is 5.13 Å². The van der Waals surface area contributed by atoms with Crippen LogP contribution in [0.3, 0.4) is 0 Å². The number of anilines is 1. The topological polar surface area (TPSA) is 39.6 Å². The number of thiazole rings is 1. The summed E-state index contributed by atoms with van der Waals surface area (Å²) in [6.07, 6.45) is 2.26. The summed E-state index contributed by atoms with van der Waals surface area (Å²) >= 11 is 1.77. The standard InChI is InChI=1S/C19H27N3OS/c1-19(14-23)10-7-11-22(13-19)12-16-17(15-8-5-4-6-9-15)20-18(24-16)21(2)3/h4-6,8-9,23H,7,10-14H2,1-3H3. The number of hydrogen-bond acceptors (Lipinski definition) is 5. The second kappa shape index (κ2) is 7.21. The zero-order valence-electron chi connectivity index (χ0n) is 14.8. The summed E-state index contributed by atoms with van der Waals surface area (Å²) < 4.78 is 0. The van der Waals surface area contributed by atoms with E-state index < -0.39 is 0 Å². The molecule has 1 aliphatic heterocycles. The molecule has 1 fully saturated rings. The maximum atomic E-state index is 9.70. The molecular weight excluding hydrogens is 318 g/mol. The summed E-state index contributed by atoms with van der Waals surface area (Å²) in [7, 11) is 4.09. The van der Waals surface area contributed by atoms with Crippen molar-refractivity contribution < 1.29 is 5.11 Å². The van der Waals surface area contributed by atoms with Crippen molar-refractivity contribution in [2.24, 2.45) is 5.41 Å². The lowest BCUT2D eigenvalue weighted by molar-refractivity contribution is 0.0434. The summed E-state index contributed by atoms with van der Waals surface area (Å²) in [5.74, 6) is 0. The molecule has 1 saturated heterocycles. The number of hydrogen-bond donors (Lipinski definition) is 1. The van der Waals surface area contributed by atoms with Crippen LogP contribution in [0.4, 0.5) is 5.13 Å². The minimum atomic E-state index is 0.0280. The van der Waals surface area contributed by atoms with E-state index in [1.807, 2.05) is 20.2 Å². The first kappa shape index (κ1) is 17.4. The third kappa shape index (κ3) is 3.79. The van der Waals surface area contributed by atoms with Gasteiger partial charge in [-0.3, -0.25) is 4.90 Å². The number of benzene rings is 1. The van der Waals surface area contributed by atoms with Gasteiger partial charge in [-0.15, -0.1) is 0 Å². The Labute approximate surface area is 148 Å². The van der Waals surface area contributed by atoms with Gasteiger partial charge in [-0.2, -0.15) is 0 Å². The molecule has 0 saturated carbocycles. The third-order valence-electron chi connectivity index (χ3n) is 4.72. The van der Waals surface area contributed by atoms with Crippen LogP contribution in [0.1, 0.15) is 24.6 Å². The number of aliphatic hydroxyl groups is 1. The highest BCUT2D eigenvalue weighted by Gasteiger charge is 2.31. The maximum absolute atomic E-state index is 9.70. The van der Waals surface area contributed by atoms with Gasteiger partial charge in [0.2, 0.25) is 0 Å². The molecule has 2 aromatic rings. The Bertz CT molecular complexity index is 671. The minimum absolute atomic E-state index is 0.0280. The number of rotatable bonds is 5. The predicted molar refractivity (Wildman–Crippen MR) is 102 cm³/mol. The predicted octanol–water partition coefficient (Wildman–Crippen LogP) is 3.47. The van der Waals surface area contributed by atoms with Crippen LogP contribution in [0.15, 0.2) is 30.3 Å². The highest BCUT2D eigenvalue weighted by Crippen LogP contribution is 2.35. The lowest BCUT2D eigenvalue weighted by Crippen LogP contribution is -2.43. The van der Waals surface area contributed by atoms with E-state index >= 15 is 0 Å². The fraction of sp³-hybridized carbons (Fsp3) is 0.526. The first-order valence-corrected chi connectivity index (χ1v) is 9.38. The molecule has 1 aromatic carbocycles. The van der Waals surface area contributed by atoms with Crippen molar-refractivity contribution in [3.05, 3.63) is 35.2 Å². The zero-order chi connectivity index (χ0) is 17.2. The molecule has 1 N–H and O–H groups in total. The molecule has 130 valence electrons. The van der Waals surface area contributed by atoms with Gasteiger partial charge >= 0.3 is 0 Å². The van der Waals surface area contributed by atoms with Crippen LogP contribution >= 0.6 is 11.3 Å². The van der Waals surface area contributed by atoms with Gasteiger partial charge in [0, 0.05) is 49.6 Å². The molecule has 3 rings (SSSR count). The summed E-state index contributed by atoms with van der Waals surface area (Å²) in [5.41, 5.74) is 2.31. The average Bonchev–Trinajstić information content (AvgIpc) is 3.00. The third-order valence-corrected chi connectivity index (χ3v) is 5.93. The number of likely N-dealkylation sites (tertiary alicyclic amines) is 1. The Balaban J connectivity index is 1.87. The van der Waals surface area contributed by atoms with Crippen LogP contribution in [0.5, 0.6) is 0 Å². The van der Waals surface area contributed by atoms with Crippen molar-refractivity contribution in [1.29, 1.82) is 0 Å². The van der Waals surface area contributed by atoms with Gasteiger partial charge < -0.3 is 10.0 Å². The van der Waals surface area contributed by atoms with Gasteiger partial charge in [0.1, 0.15) is 0 Å². The first-order valence-electron chi connectivity index (χ1n) is 8.56. The van der Waals surface area contributed by atoms with E-state index in [1.165, 1.54) is 10.4 Å². The van der Waals surface area contributed by atoms with E-state index in [9.17, 15) is 5.11 Å². The molecule has 1 atom stereocenters. The van der Waals surface area contributed by atoms with Crippen molar-refractivity contribution >= 4 is 16.5 Å². The largest absolute Gasteiger partial charge is 0.396 e.